The predicted molar refractivity (Wildman–Crippen MR) is 144 cm³/mol. The first-order valence-electron chi connectivity index (χ1n) is 13.0. The third-order valence-electron chi connectivity index (χ3n) is 6.37. The summed E-state index contributed by atoms with van der Waals surface area (Å²) in [5.74, 6) is -0.763. The molecule has 13 heteroatoms. The quantitative estimate of drug-likeness (QED) is 0.175. The molecule has 0 saturated carbocycles. The van der Waals surface area contributed by atoms with Crippen molar-refractivity contribution in [2.75, 3.05) is 27.4 Å². The van der Waals surface area contributed by atoms with E-state index in [-0.39, 0.29) is 35.1 Å². The lowest BCUT2D eigenvalue weighted by molar-refractivity contribution is -0.293. The zero-order chi connectivity index (χ0) is 29.9. The Balaban J connectivity index is 1.62. The van der Waals surface area contributed by atoms with Crippen LogP contribution in [0.25, 0.3) is 0 Å². The van der Waals surface area contributed by atoms with Gasteiger partial charge in [-0.15, -0.1) is 0 Å². The maximum Gasteiger partial charge on any atom is 0.342 e. The van der Waals surface area contributed by atoms with Crippen LogP contribution < -0.4 is 14.2 Å². The number of rotatable bonds is 15. The van der Waals surface area contributed by atoms with Gasteiger partial charge in [-0.25, -0.2) is 4.79 Å². The van der Waals surface area contributed by atoms with E-state index >= 15 is 0 Å². The number of unbranched alkanes of at least 4 members (excludes halogenated alkanes) is 2. The van der Waals surface area contributed by atoms with Gasteiger partial charge in [0.05, 0.1) is 25.3 Å². The number of methoxy groups -OCH3 is 2. The minimum atomic E-state index is -1.59. The van der Waals surface area contributed by atoms with E-state index in [0.29, 0.717) is 18.8 Å². The second-order valence-corrected chi connectivity index (χ2v) is 9.69. The zero-order valence-electron chi connectivity index (χ0n) is 22.7. The SMILES string of the molecule is COc1cc(OCc2cccc(OCCCCCC(=O)O)c2)c(Cl)cc1C(=O)O[C@H]1[C@@H](OC)O[C@H](CO)[C@@H](O)[C@@H]1O. The van der Waals surface area contributed by atoms with Crippen molar-refractivity contribution in [1.29, 1.82) is 0 Å². The van der Waals surface area contributed by atoms with Crippen LogP contribution in [0.3, 0.4) is 0 Å². The number of hydrogen-bond acceptors (Lipinski definition) is 11. The van der Waals surface area contributed by atoms with Gasteiger partial charge in [-0.2, -0.15) is 0 Å². The standard InChI is InChI=1S/C28H35ClO12/c1-36-20-13-21(39-15-16-7-6-8-17(11-16)38-10-5-3-4-9-23(31)32)19(29)12-18(20)27(35)41-26-25(34)24(33)22(14-30)40-28(26)37-2/h6-8,11-13,22,24-26,28,30,33-34H,3-5,9-10,14-15H2,1-2H3,(H,31,32)/t22-,24-,25+,26-,28+/m1/s1. The van der Waals surface area contributed by atoms with E-state index in [1.165, 1.54) is 26.4 Å². The molecule has 0 spiro atoms. The molecule has 0 aliphatic carbocycles. The minimum Gasteiger partial charge on any atom is -0.496 e. The molecule has 2 aromatic carbocycles. The smallest absolute Gasteiger partial charge is 0.342 e. The van der Waals surface area contributed by atoms with Crippen molar-refractivity contribution in [2.45, 2.75) is 63.0 Å². The summed E-state index contributed by atoms with van der Waals surface area (Å²) in [6.45, 7) is 0.0191. The van der Waals surface area contributed by atoms with E-state index < -0.39 is 49.3 Å². The van der Waals surface area contributed by atoms with Gasteiger partial charge in [-0.05, 0) is 43.0 Å². The van der Waals surface area contributed by atoms with Gasteiger partial charge < -0.3 is 48.8 Å². The predicted octanol–water partition coefficient (Wildman–Crippen LogP) is 2.56. The molecule has 41 heavy (non-hydrogen) atoms. The largest absolute Gasteiger partial charge is 0.496 e. The van der Waals surface area contributed by atoms with Crippen LogP contribution >= 0.6 is 11.6 Å². The molecule has 0 unspecified atom stereocenters. The van der Waals surface area contributed by atoms with E-state index in [4.69, 9.17) is 45.1 Å². The molecule has 1 heterocycles. The fraction of sp³-hybridized carbons (Fsp3) is 0.500. The normalized spacial score (nSPS) is 22.1. The summed E-state index contributed by atoms with van der Waals surface area (Å²) in [5.41, 5.74) is 0.730. The van der Waals surface area contributed by atoms with Crippen molar-refractivity contribution in [3.63, 3.8) is 0 Å². The number of aliphatic hydroxyl groups excluding tert-OH is 3. The summed E-state index contributed by atoms with van der Waals surface area (Å²) in [6.07, 6.45) is -4.62. The highest BCUT2D eigenvalue weighted by Crippen LogP contribution is 2.35. The highest BCUT2D eigenvalue weighted by Gasteiger charge is 2.47. The Hall–Kier alpha value is -3.13. The summed E-state index contributed by atoms with van der Waals surface area (Å²) in [4.78, 5) is 23.6. The topological polar surface area (TPSA) is 170 Å². The van der Waals surface area contributed by atoms with Crippen LogP contribution in [0.5, 0.6) is 17.2 Å². The Morgan fingerprint density at radius 1 is 1.00 bits per heavy atom. The summed E-state index contributed by atoms with van der Waals surface area (Å²) in [6, 6.07) is 10.0. The molecule has 2 aromatic rings. The van der Waals surface area contributed by atoms with Crippen LogP contribution in [0, 0.1) is 0 Å². The lowest BCUT2D eigenvalue weighted by Gasteiger charge is -2.40. The molecular formula is C28H35ClO12. The highest BCUT2D eigenvalue weighted by molar-refractivity contribution is 6.32. The Labute approximate surface area is 242 Å². The van der Waals surface area contributed by atoms with Crippen molar-refractivity contribution in [3.8, 4) is 17.2 Å². The third kappa shape index (κ3) is 8.93. The number of carbonyl (C=O) groups excluding carboxylic acids is 1. The fourth-order valence-electron chi connectivity index (χ4n) is 4.16. The first-order chi connectivity index (χ1) is 19.7. The maximum atomic E-state index is 13.0. The molecule has 5 atom stereocenters. The lowest BCUT2D eigenvalue weighted by Crippen LogP contribution is -2.60. The average molecular weight is 599 g/mol. The van der Waals surface area contributed by atoms with Gasteiger partial charge in [-0.3, -0.25) is 4.79 Å². The number of benzene rings is 2. The second-order valence-electron chi connectivity index (χ2n) is 9.28. The summed E-state index contributed by atoms with van der Waals surface area (Å²) >= 11 is 6.40. The highest BCUT2D eigenvalue weighted by atomic mass is 35.5. The van der Waals surface area contributed by atoms with Gasteiger partial charge in [0.2, 0.25) is 0 Å². The Bertz CT molecular complexity index is 1160. The number of aliphatic carboxylic acids is 1. The molecule has 0 radical (unpaired) electrons. The number of aliphatic hydroxyl groups is 3. The van der Waals surface area contributed by atoms with Gasteiger partial charge in [0.25, 0.3) is 0 Å². The molecule has 0 bridgehead atoms. The number of carboxylic acids is 1. The van der Waals surface area contributed by atoms with Crippen molar-refractivity contribution < 1.29 is 58.4 Å². The summed E-state index contributed by atoms with van der Waals surface area (Å²) in [5, 5.41) is 38.8. The first-order valence-corrected chi connectivity index (χ1v) is 13.4. The molecule has 0 amide bonds. The molecule has 0 aromatic heterocycles. The summed E-state index contributed by atoms with van der Waals surface area (Å²) < 4.78 is 32.9. The molecule has 1 saturated heterocycles. The molecule has 4 N–H and O–H groups in total. The van der Waals surface area contributed by atoms with Crippen LogP contribution in [0.1, 0.15) is 41.6 Å². The van der Waals surface area contributed by atoms with Gasteiger partial charge in [0, 0.05) is 19.6 Å². The van der Waals surface area contributed by atoms with Crippen molar-refractivity contribution in [3.05, 3.63) is 52.5 Å². The van der Waals surface area contributed by atoms with Crippen LogP contribution in [0.4, 0.5) is 0 Å². The third-order valence-corrected chi connectivity index (χ3v) is 6.67. The number of ether oxygens (including phenoxy) is 6. The molecule has 226 valence electrons. The van der Waals surface area contributed by atoms with Crippen molar-refractivity contribution >= 4 is 23.5 Å². The lowest BCUT2D eigenvalue weighted by atomic mass is 9.99. The first kappa shape index (κ1) is 32.4. The van der Waals surface area contributed by atoms with Crippen molar-refractivity contribution in [1.82, 2.24) is 0 Å². The molecule has 1 fully saturated rings. The molecule has 1 aliphatic rings. The van der Waals surface area contributed by atoms with Gasteiger partial charge in [0.1, 0.15) is 47.7 Å². The van der Waals surface area contributed by atoms with E-state index in [1.807, 2.05) is 24.3 Å². The Kier molecular flexibility index (Phi) is 12.4. The molecule has 3 rings (SSSR count). The second kappa shape index (κ2) is 15.8. The Morgan fingerprint density at radius 2 is 1.78 bits per heavy atom. The van der Waals surface area contributed by atoms with E-state index in [0.717, 1.165) is 18.4 Å². The van der Waals surface area contributed by atoms with Gasteiger partial charge >= 0.3 is 11.9 Å². The van der Waals surface area contributed by atoms with Crippen LogP contribution in [-0.4, -0.2) is 90.5 Å². The average Bonchev–Trinajstić information content (AvgIpc) is 2.96. The fourth-order valence-corrected chi connectivity index (χ4v) is 4.38. The number of carboxylic acid groups (broad SMARTS) is 1. The van der Waals surface area contributed by atoms with Crippen LogP contribution in [0.15, 0.2) is 36.4 Å². The zero-order valence-corrected chi connectivity index (χ0v) is 23.5. The van der Waals surface area contributed by atoms with E-state index in [9.17, 15) is 24.9 Å². The Morgan fingerprint density at radius 3 is 2.46 bits per heavy atom. The number of halogens is 1. The monoisotopic (exact) mass is 598 g/mol. The van der Waals surface area contributed by atoms with E-state index in [2.05, 4.69) is 0 Å². The minimum absolute atomic E-state index is 0.0653. The van der Waals surface area contributed by atoms with Crippen LogP contribution in [-0.2, 0) is 25.6 Å². The van der Waals surface area contributed by atoms with Gasteiger partial charge in [-0.1, -0.05) is 23.7 Å². The number of hydrogen-bond donors (Lipinski definition) is 4. The molecule has 1 aliphatic heterocycles. The maximum absolute atomic E-state index is 13.0. The van der Waals surface area contributed by atoms with Gasteiger partial charge in [0.15, 0.2) is 12.4 Å². The molecule has 12 nitrogen and oxygen atoms in total. The van der Waals surface area contributed by atoms with E-state index in [1.54, 1.807) is 0 Å². The molecular weight excluding hydrogens is 564 g/mol. The van der Waals surface area contributed by atoms with Crippen molar-refractivity contribution in [2.24, 2.45) is 0 Å². The number of carbonyl (C=O) groups is 2. The number of esters is 1. The van der Waals surface area contributed by atoms with Crippen LogP contribution in [0.2, 0.25) is 5.02 Å². The summed E-state index contributed by atoms with van der Waals surface area (Å²) in [7, 11) is 2.61.